The van der Waals surface area contributed by atoms with E-state index in [2.05, 4.69) is 15.3 Å². The summed E-state index contributed by atoms with van der Waals surface area (Å²) in [6, 6.07) is 5.13. The molecule has 1 aliphatic heterocycles. The summed E-state index contributed by atoms with van der Waals surface area (Å²) in [5.74, 6) is 0.266. The van der Waals surface area contributed by atoms with Gasteiger partial charge in [-0.3, -0.25) is 14.8 Å². The Labute approximate surface area is 133 Å². The van der Waals surface area contributed by atoms with Crippen molar-refractivity contribution < 1.29 is 9.66 Å². The minimum Gasteiger partial charge on any atom is -0.490 e. The van der Waals surface area contributed by atoms with Gasteiger partial charge in [0.2, 0.25) is 0 Å². The van der Waals surface area contributed by atoms with Gasteiger partial charge in [0.15, 0.2) is 5.75 Å². The van der Waals surface area contributed by atoms with Crippen molar-refractivity contribution in [3.05, 3.63) is 40.7 Å². The molecule has 3 rings (SSSR count). The highest BCUT2D eigenvalue weighted by atomic mass is 16.6. The number of anilines is 2. The van der Waals surface area contributed by atoms with Gasteiger partial charge in [-0.05, 0) is 12.5 Å². The van der Waals surface area contributed by atoms with Gasteiger partial charge in [0.25, 0.3) is 0 Å². The molecule has 1 fully saturated rings. The summed E-state index contributed by atoms with van der Waals surface area (Å²) < 4.78 is 6.89. The average molecular weight is 317 g/mol. The van der Waals surface area contributed by atoms with Crippen molar-refractivity contribution in [3.63, 3.8) is 0 Å². The number of aromatic nitrogens is 2. The Balaban J connectivity index is 1.67. The molecule has 2 aromatic rings. The van der Waals surface area contributed by atoms with Gasteiger partial charge < -0.3 is 15.0 Å². The third-order valence-electron chi connectivity index (χ3n) is 3.99. The summed E-state index contributed by atoms with van der Waals surface area (Å²) in [4.78, 5) is 12.8. The van der Waals surface area contributed by atoms with Crippen molar-refractivity contribution in [1.29, 1.82) is 0 Å². The topological polar surface area (TPSA) is 85.5 Å². The van der Waals surface area contributed by atoms with Crippen molar-refractivity contribution in [2.45, 2.75) is 12.5 Å². The number of aryl methyl sites for hydroxylation is 1. The monoisotopic (exact) mass is 317 g/mol. The summed E-state index contributed by atoms with van der Waals surface area (Å²) in [6.07, 6.45) is 4.85. The highest BCUT2D eigenvalue weighted by molar-refractivity contribution is 5.58. The second-order valence-electron chi connectivity index (χ2n) is 5.59. The van der Waals surface area contributed by atoms with E-state index in [-0.39, 0.29) is 17.5 Å². The number of hydrogen-bond donors (Lipinski definition) is 1. The summed E-state index contributed by atoms with van der Waals surface area (Å²) in [6.45, 7) is 1.82. The first-order chi connectivity index (χ1) is 11.1. The van der Waals surface area contributed by atoms with E-state index in [9.17, 15) is 10.1 Å². The molecule has 1 atom stereocenters. The minimum atomic E-state index is -0.442. The fraction of sp³-hybridized carbons (Fsp3) is 0.400. The van der Waals surface area contributed by atoms with Crippen LogP contribution in [0.1, 0.15) is 6.42 Å². The quantitative estimate of drug-likeness (QED) is 0.671. The van der Waals surface area contributed by atoms with Crippen LogP contribution in [-0.2, 0) is 7.05 Å². The van der Waals surface area contributed by atoms with Crippen molar-refractivity contribution in [3.8, 4) is 5.75 Å². The number of nitro benzene ring substituents is 1. The van der Waals surface area contributed by atoms with E-state index >= 15 is 0 Å². The lowest BCUT2D eigenvalue weighted by atomic mass is 10.2. The lowest BCUT2D eigenvalue weighted by Crippen LogP contribution is -2.25. The van der Waals surface area contributed by atoms with Crippen LogP contribution in [0.3, 0.4) is 0 Å². The van der Waals surface area contributed by atoms with Crippen LogP contribution >= 0.6 is 0 Å². The predicted molar refractivity (Wildman–Crippen MR) is 87.1 cm³/mol. The van der Waals surface area contributed by atoms with Gasteiger partial charge in [0.05, 0.1) is 23.9 Å². The fourth-order valence-electron chi connectivity index (χ4n) is 2.84. The standard InChI is InChI=1S/C15H19N5O3/c1-18-10-13(8-16-18)19-6-5-12(9-19)17-11-3-4-14(20(21)22)15(7-11)23-2/h3-4,7-8,10,12,17H,5-6,9H2,1-2H3. The second-order valence-corrected chi connectivity index (χ2v) is 5.59. The smallest absolute Gasteiger partial charge is 0.311 e. The molecule has 0 aliphatic carbocycles. The Morgan fingerprint density at radius 2 is 2.30 bits per heavy atom. The van der Waals surface area contributed by atoms with Gasteiger partial charge in [-0.25, -0.2) is 0 Å². The third-order valence-corrected chi connectivity index (χ3v) is 3.99. The Kier molecular flexibility index (Phi) is 4.05. The zero-order chi connectivity index (χ0) is 16.4. The van der Waals surface area contributed by atoms with Gasteiger partial charge in [0.1, 0.15) is 0 Å². The first kappa shape index (κ1) is 15.1. The van der Waals surface area contributed by atoms with Crippen LogP contribution in [0, 0.1) is 10.1 Å². The van der Waals surface area contributed by atoms with E-state index in [1.807, 2.05) is 19.4 Å². The maximum absolute atomic E-state index is 10.9. The maximum atomic E-state index is 10.9. The number of rotatable bonds is 5. The summed E-state index contributed by atoms with van der Waals surface area (Å²) in [5, 5.41) is 18.5. The molecule has 1 saturated heterocycles. The molecule has 8 nitrogen and oxygen atoms in total. The lowest BCUT2D eigenvalue weighted by Gasteiger charge is -2.17. The minimum absolute atomic E-state index is 0.0264. The number of ether oxygens (including phenoxy) is 1. The van der Waals surface area contributed by atoms with Gasteiger partial charge in [-0.15, -0.1) is 0 Å². The van der Waals surface area contributed by atoms with Crippen LogP contribution in [0.25, 0.3) is 0 Å². The van der Waals surface area contributed by atoms with Crippen molar-refractivity contribution in [2.24, 2.45) is 7.05 Å². The number of methoxy groups -OCH3 is 1. The molecule has 0 amide bonds. The molecule has 0 spiro atoms. The molecule has 122 valence electrons. The van der Waals surface area contributed by atoms with E-state index < -0.39 is 4.92 Å². The van der Waals surface area contributed by atoms with E-state index in [0.29, 0.717) is 0 Å². The zero-order valence-electron chi connectivity index (χ0n) is 13.1. The molecule has 0 bridgehead atoms. The first-order valence-electron chi connectivity index (χ1n) is 7.39. The number of nitro groups is 1. The zero-order valence-corrected chi connectivity index (χ0v) is 13.1. The van der Waals surface area contributed by atoms with E-state index in [1.165, 1.54) is 13.2 Å². The summed E-state index contributed by atoms with van der Waals surface area (Å²) in [5.41, 5.74) is 1.91. The van der Waals surface area contributed by atoms with E-state index in [1.54, 1.807) is 16.8 Å². The highest BCUT2D eigenvalue weighted by Crippen LogP contribution is 2.30. The van der Waals surface area contributed by atoms with Gasteiger partial charge in [0, 0.05) is 50.2 Å². The molecular weight excluding hydrogens is 298 g/mol. The third kappa shape index (κ3) is 3.20. The van der Waals surface area contributed by atoms with Crippen LogP contribution in [0.2, 0.25) is 0 Å². The van der Waals surface area contributed by atoms with Gasteiger partial charge in [-0.2, -0.15) is 5.10 Å². The molecule has 1 N–H and O–H groups in total. The van der Waals surface area contributed by atoms with Crippen LogP contribution in [0.4, 0.5) is 17.1 Å². The van der Waals surface area contributed by atoms with Crippen molar-refractivity contribution >= 4 is 17.1 Å². The molecule has 2 heterocycles. The first-order valence-corrected chi connectivity index (χ1v) is 7.39. The van der Waals surface area contributed by atoms with Crippen molar-refractivity contribution in [1.82, 2.24) is 9.78 Å². The lowest BCUT2D eigenvalue weighted by molar-refractivity contribution is -0.385. The average Bonchev–Trinajstić information content (AvgIpc) is 3.15. The van der Waals surface area contributed by atoms with Gasteiger partial charge >= 0.3 is 5.69 Å². The number of benzene rings is 1. The van der Waals surface area contributed by atoms with Crippen LogP contribution in [-0.4, -0.2) is 40.9 Å². The molecule has 1 aromatic heterocycles. The summed E-state index contributed by atoms with van der Waals surface area (Å²) >= 11 is 0. The molecule has 1 aromatic carbocycles. The largest absolute Gasteiger partial charge is 0.490 e. The van der Waals surface area contributed by atoms with Crippen LogP contribution in [0.15, 0.2) is 30.6 Å². The number of hydrogen-bond acceptors (Lipinski definition) is 6. The Morgan fingerprint density at radius 3 is 2.96 bits per heavy atom. The molecule has 23 heavy (non-hydrogen) atoms. The van der Waals surface area contributed by atoms with Crippen molar-refractivity contribution in [2.75, 3.05) is 30.4 Å². The van der Waals surface area contributed by atoms with Crippen LogP contribution < -0.4 is 15.0 Å². The highest BCUT2D eigenvalue weighted by Gasteiger charge is 2.24. The van der Waals surface area contributed by atoms with Crippen LogP contribution in [0.5, 0.6) is 5.75 Å². The molecule has 0 saturated carbocycles. The van der Waals surface area contributed by atoms with E-state index in [4.69, 9.17) is 4.74 Å². The SMILES string of the molecule is COc1cc(NC2CCN(c3cnn(C)c3)C2)ccc1[N+](=O)[O-]. The number of nitrogens with one attached hydrogen (secondary N) is 1. The number of nitrogens with zero attached hydrogens (tertiary/aromatic N) is 4. The predicted octanol–water partition coefficient (Wildman–Crippen LogP) is 2.03. The Morgan fingerprint density at radius 1 is 1.48 bits per heavy atom. The Bertz CT molecular complexity index is 715. The molecule has 1 aliphatic rings. The molecule has 8 heteroatoms. The Hall–Kier alpha value is -2.77. The molecule has 0 radical (unpaired) electrons. The second kappa shape index (κ2) is 6.15. The molecular formula is C15H19N5O3. The van der Waals surface area contributed by atoms with Gasteiger partial charge in [-0.1, -0.05) is 0 Å². The summed E-state index contributed by atoms with van der Waals surface area (Å²) in [7, 11) is 3.34. The normalized spacial score (nSPS) is 17.3. The molecule has 1 unspecified atom stereocenters. The maximum Gasteiger partial charge on any atom is 0.311 e. The fourth-order valence-corrected chi connectivity index (χ4v) is 2.84. The van der Waals surface area contributed by atoms with E-state index in [0.717, 1.165) is 30.9 Å².